The molecule has 1 unspecified atom stereocenters. The number of aromatic nitrogens is 5. The Morgan fingerprint density at radius 3 is 2.74 bits per heavy atom. The number of hydrogen-bond donors (Lipinski definition) is 5. The molecule has 0 saturated carbocycles. The van der Waals surface area contributed by atoms with E-state index in [0.717, 1.165) is 17.0 Å². The summed E-state index contributed by atoms with van der Waals surface area (Å²) >= 11 is 0. The van der Waals surface area contributed by atoms with Gasteiger partial charge in [-0.1, -0.05) is 0 Å². The zero-order valence-corrected chi connectivity index (χ0v) is 18.8. The molecule has 0 aliphatic carbocycles. The van der Waals surface area contributed by atoms with Gasteiger partial charge in [-0.3, -0.25) is 14.2 Å². The molecule has 3 heterocycles. The summed E-state index contributed by atoms with van der Waals surface area (Å²) in [5.74, 6) is -1.80. The predicted molar refractivity (Wildman–Crippen MR) is 127 cm³/mol. The lowest BCUT2D eigenvalue weighted by Gasteiger charge is -2.21. The van der Waals surface area contributed by atoms with Crippen molar-refractivity contribution in [2.45, 2.75) is 26.1 Å². The van der Waals surface area contributed by atoms with Crippen LogP contribution in [-0.2, 0) is 13.1 Å². The summed E-state index contributed by atoms with van der Waals surface area (Å²) in [7, 11) is 0. The average molecular weight is 481 g/mol. The van der Waals surface area contributed by atoms with Crippen molar-refractivity contribution >= 4 is 40.2 Å². The van der Waals surface area contributed by atoms with E-state index in [1.54, 1.807) is 35.4 Å². The van der Waals surface area contributed by atoms with Gasteiger partial charge in [-0.25, -0.2) is 14.2 Å². The van der Waals surface area contributed by atoms with Gasteiger partial charge in [0.15, 0.2) is 11.6 Å². The lowest BCUT2D eigenvalue weighted by Crippen LogP contribution is -2.39. The second-order valence-electron chi connectivity index (χ2n) is 7.69. The maximum absolute atomic E-state index is 14.9. The third-order valence-corrected chi connectivity index (χ3v) is 5.25. The molecule has 35 heavy (non-hydrogen) atoms. The number of rotatable bonds is 10. The fraction of sp³-hybridized carbons (Fsp3) is 0.227. The molecule has 0 bridgehead atoms. The van der Waals surface area contributed by atoms with Crippen LogP contribution in [0.4, 0.5) is 26.5 Å². The molecule has 1 aromatic carbocycles. The van der Waals surface area contributed by atoms with Gasteiger partial charge in [0.05, 0.1) is 29.9 Å². The van der Waals surface area contributed by atoms with Crippen LogP contribution < -0.4 is 21.7 Å². The summed E-state index contributed by atoms with van der Waals surface area (Å²) in [6.45, 7) is 2.88. The molecule has 0 radical (unpaired) electrons. The number of aryl methyl sites for hydroxylation is 1. The highest BCUT2D eigenvalue weighted by Crippen LogP contribution is 2.26. The number of carboxylic acid groups (broad SMARTS) is 1. The van der Waals surface area contributed by atoms with Gasteiger partial charge in [-0.15, -0.1) is 0 Å². The van der Waals surface area contributed by atoms with Gasteiger partial charge in [0.1, 0.15) is 5.82 Å². The summed E-state index contributed by atoms with van der Waals surface area (Å²) < 4.78 is 18.3. The van der Waals surface area contributed by atoms with Crippen LogP contribution in [0, 0.1) is 5.82 Å². The van der Waals surface area contributed by atoms with E-state index in [9.17, 15) is 14.0 Å². The van der Waals surface area contributed by atoms with Crippen LogP contribution in [0.2, 0.25) is 0 Å². The fourth-order valence-electron chi connectivity index (χ4n) is 3.63. The van der Waals surface area contributed by atoms with E-state index in [1.807, 2.05) is 23.7 Å². The van der Waals surface area contributed by atoms with Crippen molar-refractivity contribution in [1.82, 2.24) is 29.9 Å². The second kappa shape index (κ2) is 10.1. The number of fused-ring (bicyclic) bond motifs is 1. The van der Waals surface area contributed by atoms with Crippen molar-refractivity contribution in [3.05, 3.63) is 60.3 Å². The van der Waals surface area contributed by atoms with Crippen LogP contribution in [0.5, 0.6) is 0 Å². The molecule has 1 atom stereocenters. The van der Waals surface area contributed by atoms with Crippen LogP contribution in [0.1, 0.15) is 17.3 Å². The minimum atomic E-state index is -1.22. The first-order valence-electron chi connectivity index (χ1n) is 10.8. The van der Waals surface area contributed by atoms with E-state index in [1.165, 1.54) is 0 Å². The minimum absolute atomic E-state index is 0.0469. The van der Waals surface area contributed by atoms with Gasteiger partial charge in [0, 0.05) is 36.6 Å². The SMILES string of the molecule is CCn1ncc2cc(Nc3nc(NC(CNC(=O)O)Cn4cccn4)c(F)cc3C(N)=O)ccc21. The Morgan fingerprint density at radius 2 is 2.06 bits per heavy atom. The molecule has 0 saturated heterocycles. The average Bonchev–Trinajstić information content (AvgIpc) is 3.48. The molecule has 0 fully saturated rings. The van der Waals surface area contributed by atoms with E-state index in [0.29, 0.717) is 12.2 Å². The van der Waals surface area contributed by atoms with Crippen molar-refractivity contribution in [1.29, 1.82) is 0 Å². The number of hydrogen-bond acceptors (Lipinski definition) is 7. The molecule has 12 nitrogen and oxygen atoms in total. The summed E-state index contributed by atoms with van der Waals surface area (Å²) in [5.41, 5.74) is 6.87. The number of carbonyl (C=O) groups is 2. The van der Waals surface area contributed by atoms with Crippen LogP contribution in [0.25, 0.3) is 10.9 Å². The monoisotopic (exact) mass is 481 g/mol. The first kappa shape index (κ1) is 23.5. The number of nitrogens with zero attached hydrogens (tertiary/aromatic N) is 5. The molecule has 0 aliphatic rings. The number of benzene rings is 1. The van der Waals surface area contributed by atoms with Crippen molar-refractivity contribution < 1.29 is 19.1 Å². The Balaban J connectivity index is 1.63. The number of primary amides is 1. The van der Waals surface area contributed by atoms with Gasteiger partial charge in [-0.05, 0) is 37.3 Å². The van der Waals surface area contributed by atoms with Gasteiger partial charge >= 0.3 is 6.09 Å². The number of halogens is 1. The van der Waals surface area contributed by atoms with Crippen molar-refractivity contribution in [3.63, 3.8) is 0 Å². The highest BCUT2D eigenvalue weighted by atomic mass is 19.1. The number of amides is 2. The fourth-order valence-corrected chi connectivity index (χ4v) is 3.63. The van der Waals surface area contributed by atoms with Crippen molar-refractivity contribution in [2.24, 2.45) is 5.73 Å². The Bertz CT molecular complexity index is 1350. The maximum atomic E-state index is 14.9. The summed E-state index contributed by atoms with van der Waals surface area (Å²) in [4.78, 5) is 27.3. The van der Waals surface area contributed by atoms with E-state index < -0.39 is 23.9 Å². The normalized spacial score (nSPS) is 11.8. The summed E-state index contributed by atoms with van der Waals surface area (Å²) in [6.07, 6.45) is 3.77. The maximum Gasteiger partial charge on any atom is 0.404 e. The quantitative estimate of drug-likeness (QED) is 0.230. The van der Waals surface area contributed by atoms with Crippen LogP contribution in [0.3, 0.4) is 0 Å². The molecule has 4 rings (SSSR count). The smallest absolute Gasteiger partial charge is 0.404 e. The third-order valence-electron chi connectivity index (χ3n) is 5.25. The number of carbonyl (C=O) groups excluding carboxylic acids is 1. The number of nitrogens with two attached hydrogens (primary N) is 1. The molecule has 3 aromatic heterocycles. The lowest BCUT2D eigenvalue weighted by atomic mass is 10.2. The Hall–Kier alpha value is -4.68. The van der Waals surface area contributed by atoms with Gasteiger partial charge in [0.2, 0.25) is 0 Å². The van der Waals surface area contributed by atoms with Crippen LogP contribution >= 0.6 is 0 Å². The minimum Gasteiger partial charge on any atom is -0.465 e. The largest absolute Gasteiger partial charge is 0.465 e. The first-order chi connectivity index (χ1) is 16.8. The predicted octanol–water partition coefficient (Wildman–Crippen LogP) is 2.38. The summed E-state index contributed by atoms with van der Waals surface area (Å²) in [6, 6.07) is 7.59. The highest BCUT2D eigenvalue weighted by molar-refractivity contribution is 5.99. The number of pyridine rings is 1. The molecule has 0 spiro atoms. The van der Waals surface area contributed by atoms with E-state index >= 15 is 0 Å². The molecule has 0 aliphatic heterocycles. The molecule has 182 valence electrons. The molecular weight excluding hydrogens is 457 g/mol. The van der Waals surface area contributed by atoms with Crippen molar-refractivity contribution in [2.75, 3.05) is 17.2 Å². The molecular formula is C22H24FN9O3. The van der Waals surface area contributed by atoms with Gasteiger partial charge in [-0.2, -0.15) is 10.2 Å². The zero-order valence-electron chi connectivity index (χ0n) is 18.8. The van der Waals surface area contributed by atoms with Crippen LogP contribution in [-0.4, -0.2) is 54.2 Å². The van der Waals surface area contributed by atoms with Gasteiger partial charge < -0.3 is 26.8 Å². The standard InChI is InChI=1S/C22H24FN9O3/c1-2-32-18-5-4-14(8-13(18)10-27-32)28-20-16(19(24)33)9-17(23)21(30-20)29-15(11-25-22(34)35)12-31-7-3-6-26-31/h3-10,15,25H,2,11-12H2,1H3,(H2,24,33)(H,34,35)(H2,28,29,30). The molecule has 6 N–H and O–H groups in total. The Kier molecular flexibility index (Phi) is 6.76. The summed E-state index contributed by atoms with van der Waals surface area (Å²) in [5, 5.41) is 26.5. The number of anilines is 3. The third kappa shape index (κ3) is 5.46. The van der Waals surface area contributed by atoms with Gasteiger partial charge in [0.25, 0.3) is 5.91 Å². The van der Waals surface area contributed by atoms with Crippen molar-refractivity contribution in [3.8, 4) is 0 Å². The topological polar surface area (TPSA) is 165 Å². The Labute approximate surface area is 198 Å². The van der Waals surface area contributed by atoms with E-state index in [2.05, 4.69) is 31.1 Å². The van der Waals surface area contributed by atoms with E-state index in [-0.39, 0.29) is 30.3 Å². The first-order valence-corrected chi connectivity index (χ1v) is 10.8. The zero-order chi connectivity index (χ0) is 24.9. The molecule has 4 aromatic rings. The Morgan fingerprint density at radius 1 is 1.23 bits per heavy atom. The second-order valence-corrected chi connectivity index (χ2v) is 7.69. The van der Waals surface area contributed by atoms with E-state index in [4.69, 9.17) is 10.8 Å². The molecule has 2 amide bonds. The lowest BCUT2D eigenvalue weighted by molar-refractivity contribution is 0.100. The van der Waals surface area contributed by atoms with Crippen LogP contribution in [0.15, 0.2) is 48.9 Å². The highest BCUT2D eigenvalue weighted by Gasteiger charge is 2.20. The number of nitrogens with one attached hydrogen (secondary N) is 3. The molecule has 13 heteroatoms.